The molecule has 0 saturated heterocycles. The Balaban J connectivity index is 0.996. The largest absolute Gasteiger partial charge is 0.457 e. The van der Waals surface area contributed by atoms with Crippen LogP contribution in [-0.4, -0.2) is 15.0 Å². The summed E-state index contributed by atoms with van der Waals surface area (Å²) in [6.45, 7) is 9.22. The molecule has 0 unspecified atom stereocenters. The van der Waals surface area contributed by atoms with Crippen LogP contribution in [0, 0.1) is 0 Å². The molecule has 0 N–H and O–H groups in total. The van der Waals surface area contributed by atoms with Crippen LogP contribution >= 0.6 is 0 Å². The fourth-order valence-electron chi connectivity index (χ4n) is 8.51. The van der Waals surface area contributed by atoms with Gasteiger partial charge in [-0.25, -0.2) is 15.0 Å². The molecule has 0 radical (unpaired) electrons. The van der Waals surface area contributed by atoms with Gasteiger partial charge in [-0.05, 0) is 46.5 Å². The van der Waals surface area contributed by atoms with E-state index in [-0.39, 0.29) is 10.8 Å². The average Bonchev–Trinajstić information content (AvgIpc) is 3.24. The van der Waals surface area contributed by atoms with E-state index in [0.717, 1.165) is 45.0 Å². The molecule has 0 spiro atoms. The summed E-state index contributed by atoms with van der Waals surface area (Å²) in [6.07, 6.45) is 0. The third kappa shape index (κ3) is 5.50. The number of hydrogen-bond acceptors (Lipinski definition) is 5. The van der Waals surface area contributed by atoms with Crippen molar-refractivity contribution in [1.29, 1.82) is 0 Å². The van der Waals surface area contributed by atoms with Crippen LogP contribution < -0.4 is 9.64 Å². The second-order valence-electron chi connectivity index (χ2n) is 15.7. The second-order valence-corrected chi connectivity index (χ2v) is 15.7. The van der Waals surface area contributed by atoms with Crippen molar-refractivity contribution in [3.8, 4) is 56.8 Å². The quantitative estimate of drug-likeness (QED) is 0.177. The van der Waals surface area contributed by atoms with Gasteiger partial charge in [0.1, 0.15) is 11.5 Å². The molecule has 0 fully saturated rings. The first kappa shape index (κ1) is 33.7. The summed E-state index contributed by atoms with van der Waals surface area (Å²) in [5, 5.41) is 0. The van der Waals surface area contributed by atoms with Crippen molar-refractivity contribution in [3.63, 3.8) is 0 Å². The third-order valence-electron chi connectivity index (χ3n) is 11.6. The Morgan fingerprint density at radius 1 is 0.375 bits per heavy atom. The van der Waals surface area contributed by atoms with Crippen LogP contribution in [0.25, 0.3) is 45.3 Å². The molecule has 0 aliphatic carbocycles. The van der Waals surface area contributed by atoms with E-state index in [4.69, 9.17) is 19.7 Å². The fourth-order valence-corrected chi connectivity index (χ4v) is 8.51. The average molecular weight is 725 g/mol. The number of rotatable bonds is 5. The summed E-state index contributed by atoms with van der Waals surface area (Å²) >= 11 is 0. The Morgan fingerprint density at radius 3 is 1.34 bits per heavy atom. The van der Waals surface area contributed by atoms with E-state index >= 15 is 0 Å². The van der Waals surface area contributed by atoms with Crippen LogP contribution in [0.2, 0.25) is 0 Å². The molecule has 0 bridgehead atoms. The van der Waals surface area contributed by atoms with E-state index in [1.807, 2.05) is 60.7 Å². The fraction of sp³-hybridized carbons (Fsp3) is 0.118. The Morgan fingerprint density at radius 2 is 0.786 bits per heavy atom. The molecule has 3 heterocycles. The van der Waals surface area contributed by atoms with Gasteiger partial charge in [-0.3, -0.25) is 0 Å². The van der Waals surface area contributed by atoms with Gasteiger partial charge < -0.3 is 9.64 Å². The molecule has 10 rings (SSSR count). The first-order valence-corrected chi connectivity index (χ1v) is 19.2. The standard InChI is InChI=1S/C51H40N4O/c1-50(2)39-19-11-13-21-43(39)55(44-22-14-12-20-40(44)50)38-28-30-42-46(32-38)56-45-31-37(27-29-41(45)51(42,3)4)33-23-25-36(26-24-33)49-53-47(34-15-7-5-8-16-34)52-48(54-49)35-17-9-6-10-18-35/h5-32H,1-4H3. The number of benzene rings is 7. The Hall–Kier alpha value is -6.85. The first-order chi connectivity index (χ1) is 27.3. The summed E-state index contributed by atoms with van der Waals surface area (Å²) in [4.78, 5) is 17.1. The summed E-state index contributed by atoms with van der Waals surface area (Å²) in [7, 11) is 0. The van der Waals surface area contributed by atoms with Crippen LogP contribution in [0.4, 0.5) is 17.1 Å². The molecule has 0 atom stereocenters. The molecular formula is C51H40N4O. The van der Waals surface area contributed by atoms with Gasteiger partial charge >= 0.3 is 0 Å². The van der Waals surface area contributed by atoms with Gasteiger partial charge in [-0.1, -0.05) is 167 Å². The lowest BCUT2D eigenvalue weighted by Gasteiger charge is -2.42. The van der Waals surface area contributed by atoms with Crippen LogP contribution in [0.3, 0.4) is 0 Å². The number of ether oxygens (including phenoxy) is 1. The summed E-state index contributed by atoms with van der Waals surface area (Å²) in [5.41, 5.74) is 13.0. The lowest BCUT2D eigenvalue weighted by Crippen LogP contribution is -2.30. The molecule has 0 amide bonds. The third-order valence-corrected chi connectivity index (χ3v) is 11.6. The molecular weight excluding hydrogens is 685 g/mol. The monoisotopic (exact) mass is 724 g/mol. The summed E-state index contributed by atoms with van der Waals surface area (Å²) in [5.74, 6) is 3.68. The molecule has 2 aliphatic heterocycles. The second kappa shape index (κ2) is 12.9. The van der Waals surface area contributed by atoms with Crippen LogP contribution in [0.1, 0.15) is 49.9 Å². The molecule has 5 nitrogen and oxygen atoms in total. The number of aromatic nitrogens is 3. The smallest absolute Gasteiger partial charge is 0.164 e. The van der Waals surface area contributed by atoms with Crippen molar-refractivity contribution in [3.05, 3.63) is 192 Å². The number of fused-ring (bicyclic) bond motifs is 4. The molecule has 7 aromatic carbocycles. The molecule has 270 valence electrons. The highest BCUT2D eigenvalue weighted by molar-refractivity contribution is 5.86. The van der Waals surface area contributed by atoms with Crippen molar-refractivity contribution in [2.75, 3.05) is 4.90 Å². The minimum atomic E-state index is -0.255. The molecule has 1 aromatic heterocycles. The predicted octanol–water partition coefficient (Wildman–Crippen LogP) is 13.1. The highest BCUT2D eigenvalue weighted by atomic mass is 16.5. The predicted molar refractivity (Wildman–Crippen MR) is 227 cm³/mol. The van der Waals surface area contributed by atoms with Crippen molar-refractivity contribution in [2.24, 2.45) is 0 Å². The lowest BCUT2D eigenvalue weighted by molar-refractivity contribution is 0.418. The van der Waals surface area contributed by atoms with Gasteiger partial charge in [0.05, 0.1) is 11.4 Å². The van der Waals surface area contributed by atoms with Crippen LogP contribution in [-0.2, 0) is 10.8 Å². The topological polar surface area (TPSA) is 51.1 Å². The number of anilines is 3. The van der Waals surface area contributed by atoms with Gasteiger partial charge in [0, 0.05) is 50.4 Å². The Labute approximate surface area is 328 Å². The van der Waals surface area contributed by atoms with Gasteiger partial charge in [0.25, 0.3) is 0 Å². The van der Waals surface area contributed by atoms with Crippen molar-refractivity contribution < 1.29 is 4.74 Å². The maximum absolute atomic E-state index is 6.87. The van der Waals surface area contributed by atoms with E-state index in [2.05, 4.69) is 142 Å². The van der Waals surface area contributed by atoms with Gasteiger partial charge in [0.15, 0.2) is 17.5 Å². The van der Waals surface area contributed by atoms with E-state index < -0.39 is 0 Å². The molecule has 5 heteroatoms. The van der Waals surface area contributed by atoms with Crippen LogP contribution in [0.5, 0.6) is 11.5 Å². The van der Waals surface area contributed by atoms with Crippen molar-refractivity contribution in [2.45, 2.75) is 38.5 Å². The van der Waals surface area contributed by atoms with Crippen molar-refractivity contribution >= 4 is 17.1 Å². The summed E-state index contributed by atoms with van der Waals surface area (Å²) in [6, 6.07) is 59.4. The van der Waals surface area contributed by atoms with E-state index in [1.165, 1.54) is 33.6 Å². The molecule has 8 aromatic rings. The van der Waals surface area contributed by atoms with E-state index in [1.54, 1.807) is 0 Å². The van der Waals surface area contributed by atoms with Gasteiger partial charge in [-0.2, -0.15) is 0 Å². The maximum atomic E-state index is 6.87. The normalized spacial score (nSPS) is 14.5. The highest BCUT2D eigenvalue weighted by Crippen LogP contribution is 2.54. The summed E-state index contributed by atoms with van der Waals surface area (Å²) < 4.78 is 6.87. The SMILES string of the molecule is CC1(C)c2ccc(-c3ccc(-c4nc(-c5ccccc5)nc(-c5ccccc5)n4)cc3)cc2Oc2cc(N3c4ccccc4C(C)(C)c4ccccc43)ccc21. The van der Waals surface area contributed by atoms with Gasteiger partial charge in [-0.15, -0.1) is 0 Å². The van der Waals surface area contributed by atoms with Crippen molar-refractivity contribution in [1.82, 2.24) is 15.0 Å². The van der Waals surface area contributed by atoms with E-state index in [9.17, 15) is 0 Å². The first-order valence-electron chi connectivity index (χ1n) is 19.2. The zero-order chi connectivity index (χ0) is 38.0. The Kier molecular flexibility index (Phi) is 7.75. The molecule has 56 heavy (non-hydrogen) atoms. The number of nitrogens with zero attached hydrogens (tertiary/aromatic N) is 4. The zero-order valence-electron chi connectivity index (χ0n) is 31.9. The maximum Gasteiger partial charge on any atom is 0.164 e. The zero-order valence-corrected chi connectivity index (χ0v) is 31.9. The molecule has 0 saturated carbocycles. The highest BCUT2D eigenvalue weighted by Gasteiger charge is 2.38. The molecule has 2 aliphatic rings. The number of hydrogen-bond donors (Lipinski definition) is 0. The Bertz CT molecular complexity index is 2670. The van der Waals surface area contributed by atoms with E-state index in [0.29, 0.717) is 17.5 Å². The van der Waals surface area contributed by atoms with Crippen LogP contribution in [0.15, 0.2) is 170 Å². The number of para-hydroxylation sites is 2. The lowest BCUT2D eigenvalue weighted by atomic mass is 9.73. The minimum absolute atomic E-state index is 0.120. The minimum Gasteiger partial charge on any atom is -0.457 e. The van der Waals surface area contributed by atoms with Gasteiger partial charge in [0.2, 0.25) is 0 Å².